The van der Waals surface area contributed by atoms with Crippen molar-refractivity contribution in [1.29, 1.82) is 0 Å². The van der Waals surface area contributed by atoms with Crippen LogP contribution in [0.5, 0.6) is 11.5 Å². The number of halogens is 1. The number of rotatable bonds is 9. The number of alkyl halides is 1. The molecule has 4 nitrogen and oxygen atoms in total. The summed E-state index contributed by atoms with van der Waals surface area (Å²) >= 11 is 6.23. The molecule has 1 aliphatic heterocycles. The summed E-state index contributed by atoms with van der Waals surface area (Å²) in [6.07, 6.45) is 0.741. The van der Waals surface area contributed by atoms with Crippen LogP contribution in [-0.4, -0.2) is 55.2 Å². The largest absolute Gasteiger partial charge is 0.508 e. The monoisotopic (exact) mass is 462 g/mol. The minimum Gasteiger partial charge on any atom is -0.508 e. The number of hydrogen-bond acceptors (Lipinski definition) is 4. The van der Waals surface area contributed by atoms with E-state index < -0.39 is 0 Å². The normalized spacial score (nSPS) is 15.2. The van der Waals surface area contributed by atoms with Crippen LogP contribution in [0.15, 0.2) is 78.9 Å². The van der Waals surface area contributed by atoms with E-state index in [4.69, 9.17) is 16.3 Å². The zero-order chi connectivity index (χ0) is 22.9. The van der Waals surface area contributed by atoms with Crippen molar-refractivity contribution in [3.05, 3.63) is 95.6 Å². The highest BCUT2D eigenvalue weighted by molar-refractivity contribution is 6.18. The van der Waals surface area contributed by atoms with Crippen LogP contribution >= 0.6 is 11.6 Å². The number of nitrogens with zero attached hydrogens (tertiary/aromatic N) is 1. The Bertz CT molecular complexity index is 1030. The molecule has 1 heterocycles. The van der Waals surface area contributed by atoms with Gasteiger partial charge in [-0.2, -0.15) is 0 Å². The molecule has 0 bridgehead atoms. The van der Waals surface area contributed by atoms with Gasteiger partial charge in [0.2, 0.25) is 0 Å². The summed E-state index contributed by atoms with van der Waals surface area (Å²) in [4.78, 5) is 2.43. The van der Waals surface area contributed by atoms with Crippen molar-refractivity contribution in [1.82, 2.24) is 10.2 Å². The maximum Gasteiger partial charge on any atom is 0.119 e. The van der Waals surface area contributed by atoms with Gasteiger partial charge < -0.3 is 15.2 Å². The van der Waals surface area contributed by atoms with Gasteiger partial charge >= 0.3 is 0 Å². The Balaban J connectivity index is 1.61. The van der Waals surface area contributed by atoms with Gasteiger partial charge in [0, 0.05) is 38.6 Å². The van der Waals surface area contributed by atoms with Crippen molar-refractivity contribution in [2.24, 2.45) is 0 Å². The first-order valence-corrected chi connectivity index (χ1v) is 12.1. The molecule has 3 aromatic carbocycles. The minimum atomic E-state index is 0.255. The molecule has 0 saturated carbocycles. The minimum absolute atomic E-state index is 0.255. The molecule has 1 fully saturated rings. The highest BCUT2D eigenvalue weighted by atomic mass is 35.5. The van der Waals surface area contributed by atoms with E-state index in [0.29, 0.717) is 12.5 Å². The molecule has 0 unspecified atom stereocenters. The Labute approximate surface area is 201 Å². The van der Waals surface area contributed by atoms with E-state index in [9.17, 15) is 5.11 Å². The van der Waals surface area contributed by atoms with E-state index in [1.807, 2.05) is 42.5 Å². The molecule has 0 spiro atoms. The summed E-state index contributed by atoms with van der Waals surface area (Å²) in [6.45, 7) is 5.87. The van der Waals surface area contributed by atoms with Gasteiger partial charge in [-0.25, -0.2) is 0 Å². The molecule has 5 heteroatoms. The van der Waals surface area contributed by atoms with Gasteiger partial charge in [-0.3, -0.25) is 4.90 Å². The summed E-state index contributed by atoms with van der Waals surface area (Å²) in [5.74, 6) is 1.65. The third-order valence-corrected chi connectivity index (χ3v) is 6.14. The third kappa shape index (κ3) is 6.38. The highest BCUT2D eigenvalue weighted by Crippen LogP contribution is 2.35. The molecule has 1 saturated heterocycles. The number of phenols is 1. The SMILES string of the molecule is Oc1ccc(C(=C(CCCl)c2ccccc2)c2ccc(OCCN3CCNCC3)cc2)cc1. The van der Waals surface area contributed by atoms with Gasteiger partial charge in [-0.15, -0.1) is 11.6 Å². The Morgan fingerprint density at radius 2 is 1.48 bits per heavy atom. The van der Waals surface area contributed by atoms with Crippen molar-refractivity contribution in [3.63, 3.8) is 0 Å². The lowest BCUT2D eigenvalue weighted by Crippen LogP contribution is -2.44. The molecular weight excluding hydrogens is 432 g/mol. The number of phenolic OH excluding ortho intramolecular Hbond substituents is 1. The predicted octanol–water partition coefficient (Wildman–Crippen LogP) is 5.26. The molecule has 2 N–H and O–H groups in total. The van der Waals surface area contributed by atoms with Crippen LogP contribution in [0.3, 0.4) is 0 Å². The lowest BCUT2D eigenvalue weighted by atomic mass is 9.88. The number of nitrogens with one attached hydrogen (secondary N) is 1. The summed E-state index contributed by atoms with van der Waals surface area (Å²) in [7, 11) is 0. The lowest BCUT2D eigenvalue weighted by molar-refractivity contribution is 0.191. The molecule has 4 rings (SSSR count). The van der Waals surface area contributed by atoms with Crippen LogP contribution < -0.4 is 10.1 Å². The van der Waals surface area contributed by atoms with Gasteiger partial charge in [0.05, 0.1) is 0 Å². The van der Waals surface area contributed by atoms with Crippen molar-refractivity contribution < 1.29 is 9.84 Å². The van der Waals surface area contributed by atoms with Crippen molar-refractivity contribution >= 4 is 22.7 Å². The molecule has 0 atom stereocenters. The Hall–Kier alpha value is -2.79. The predicted molar refractivity (Wildman–Crippen MR) is 137 cm³/mol. The maximum atomic E-state index is 9.82. The second-order valence-corrected chi connectivity index (χ2v) is 8.55. The van der Waals surface area contributed by atoms with Gasteiger partial charge in [0.1, 0.15) is 18.1 Å². The van der Waals surface area contributed by atoms with Crippen LogP contribution in [0.1, 0.15) is 23.1 Å². The fraction of sp³-hybridized carbons (Fsp3) is 0.286. The number of piperazine rings is 1. The number of ether oxygens (including phenoxy) is 1. The standard InChI is InChI=1S/C28H31ClN2O2/c29-15-14-27(22-4-2-1-3-5-22)28(23-6-10-25(32)11-7-23)24-8-12-26(13-9-24)33-21-20-31-18-16-30-17-19-31/h1-13,30,32H,14-21H2. The number of benzene rings is 3. The summed E-state index contributed by atoms with van der Waals surface area (Å²) in [5, 5.41) is 13.2. The topological polar surface area (TPSA) is 44.7 Å². The number of hydrogen-bond donors (Lipinski definition) is 2. The zero-order valence-electron chi connectivity index (χ0n) is 18.8. The molecular formula is C28H31ClN2O2. The van der Waals surface area contributed by atoms with E-state index in [0.717, 1.165) is 67.2 Å². The highest BCUT2D eigenvalue weighted by Gasteiger charge is 2.15. The van der Waals surface area contributed by atoms with Crippen LogP contribution in [0.2, 0.25) is 0 Å². The number of aromatic hydroxyl groups is 1. The summed E-state index contributed by atoms with van der Waals surface area (Å²) < 4.78 is 6.03. The molecule has 0 amide bonds. The van der Waals surface area contributed by atoms with Gasteiger partial charge in [0.15, 0.2) is 0 Å². The van der Waals surface area contributed by atoms with Gasteiger partial charge in [-0.1, -0.05) is 54.6 Å². The molecule has 172 valence electrons. The molecule has 0 radical (unpaired) electrons. The quantitative estimate of drug-likeness (QED) is 0.336. The second-order valence-electron chi connectivity index (χ2n) is 8.17. The summed E-state index contributed by atoms with van der Waals surface area (Å²) in [6, 6.07) is 26.0. The van der Waals surface area contributed by atoms with Crippen molar-refractivity contribution in [2.45, 2.75) is 6.42 Å². The zero-order valence-corrected chi connectivity index (χ0v) is 19.6. The van der Waals surface area contributed by atoms with Crippen molar-refractivity contribution in [3.8, 4) is 11.5 Å². The first-order valence-electron chi connectivity index (χ1n) is 11.5. The van der Waals surface area contributed by atoms with E-state index in [1.54, 1.807) is 12.1 Å². The molecule has 0 aliphatic carbocycles. The van der Waals surface area contributed by atoms with E-state index in [-0.39, 0.29) is 5.75 Å². The van der Waals surface area contributed by atoms with Crippen LogP contribution in [0.25, 0.3) is 11.1 Å². The van der Waals surface area contributed by atoms with Crippen LogP contribution in [-0.2, 0) is 0 Å². The molecule has 0 aromatic heterocycles. The van der Waals surface area contributed by atoms with Gasteiger partial charge in [-0.05, 0) is 58.5 Å². The fourth-order valence-electron chi connectivity index (χ4n) is 4.24. The van der Waals surface area contributed by atoms with Gasteiger partial charge in [0.25, 0.3) is 0 Å². The van der Waals surface area contributed by atoms with Crippen molar-refractivity contribution in [2.75, 3.05) is 45.2 Å². The molecule has 1 aliphatic rings. The second kappa shape index (κ2) is 11.9. The summed E-state index contributed by atoms with van der Waals surface area (Å²) in [5.41, 5.74) is 5.60. The molecule has 3 aromatic rings. The Morgan fingerprint density at radius 3 is 2.12 bits per heavy atom. The third-order valence-electron chi connectivity index (χ3n) is 5.95. The van der Waals surface area contributed by atoms with Crippen LogP contribution in [0, 0.1) is 0 Å². The average molecular weight is 463 g/mol. The smallest absolute Gasteiger partial charge is 0.119 e. The first kappa shape index (κ1) is 23.4. The fourth-order valence-corrected chi connectivity index (χ4v) is 4.42. The molecule has 33 heavy (non-hydrogen) atoms. The Morgan fingerprint density at radius 1 is 0.848 bits per heavy atom. The van der Waals surface area contributed by atoms with E-state index >= 15 is 0 Å². The van der Waals surface area contributed by atoms with E-state index in [2.05, 4.69) is 34.5 Å². The number of allylic oxidation sites excluding steroid dienone is 1. The average Bonchev–Trinajstić information content (AvgIpc) is 2.87. The Kier molecular flexibility index (Phi) is 8.42. The first-order chi connectivity index (χ1) is 16.2. The lowest BCUT2D eigenvalue weighted by Gasteiger charge is -2.26. The van der Waals surface area contributed by atoms with Crippen LogP contribution in [0.4, 0.5) is 0 Å². The maximum absolute atomic E-state index is 9.82. The van der Waals surface area contributed by atoms with E-state index in [1.165, 1.54) is 5.57 Å².